The van der Waals surface area contributed by atoms with Gasteiger partial charge in [0.05, 0.1) is 21.9 Å². The van der Waals surface area contributed by atoms with Crippen LogP contribution in [0.2, 0.25) is 5.02 Å². The fraction of sp³-hybridized carbons (Fsp3) is 0.0556. The smallest absolute Gasteiger partial charge is 0.262 e. The quantitative estimate of drug-likeness (QED) is 0.582. The number of pyridine rings is 1. The summed E-state index contributed by atoms with van der Waals surface area (Å²) in [6, 6.07) is 14.5. The number of para-hydroxylation sites is 1. The summed E-state index contributed by atoms with van der Waals surface area (Å²) in [6.45, 7) is 1.84. The third-order valence-corrected chi connectivity index (χ3v) is 4.27. The SMILES string of the molecule is Cc1cc(NC(=O)c2c(N)nn3ccccc23)n(-c2ccccc2Cl)n1. The molecule has 0 radical (unpaired) electrons. The Balaban J connectivity index is 1.75. The van der Waals surface area contributed by atoms with Crippen molar-refractivity contribution in [2.45, 2.75) is 6.92 Å². The summed E-state index contributed by atoms with van der Waals surface area (Å²) in [4.78, 5) is 12.9. The van der Waals surface area contributed by atoms with Crippen LogP contribution in [0.25, 0.3) is 11.2 Å². The molecule has 3 aromatic heterocycles. The number of carbonyl (C=O) groups excluding carboxylic acids is 1. The minimum atomic E-state index is -0.364. The molecule has 0 bridgehead atoms. The van der Waals surface area contributed by atoms with Crippen molar-refractivity contribution in [1.82, 2.24) is 19.4 Å². The van der Waals surface area contributed by atoms with Gasteiger partial charge in [0, 0.05) is 12.3 Å². The van der Waals surface area contributed by atoms with Crippen LogP contribution in [0.4, 0.5) is 11.6 Å². The number of aryl methyl sites for hydroxylation is 1. The lowest BCUT2D eigenvalue weighted by Crippen LogP contribution is -2.16. The highest BCUT2D eigenvalue weighted by Crippen LogP contribution is 2.25. The molecular formula is C18H15ClN6O. The Hall–Kier alpha value is -3.32. The number of rotatable bonds is 3. The largest absolute Gasteiger partial charge is 0.382 e. The first-order valence-electron chi connectivity index (χ1n) is 7.90. The molecule has 0 aliphatic carbocycles. The van der Waals surface area contributed by atoms with Gasteiger partial charge in [-0.05, 0) is 31.2 Å². The van der Waals surface area contributed by atoms with Crippen molar-refractivity contribution in [2.24, 2.45) is 0 Å². The molecule has 4 aromatic rings. The number of aromatic nitrogens is 4. The lowest BCUT2D eigenvalue weighted by Gasteiger charge is -2.10. The van der Waals surface area contributed by atoms with E-state index in [0.717, 1.165) is 5.69 Å². The van der Waals surface area contributed by atoms with Gasteiger partial charge in [-0.2, -0.15) is 5.10 Å². The molecule has 0 spiro atoms. The van der Waals surface area contributed by atoms with Crippen LogP contribution in [-0.4, -0.2) is 25.3 Å². The van der Waals surface area contributed by atoms with Crippen LogP contribution >= 0.6 is 11.6 Å². The van der Waals surface area contributed by atoms with Gasteiger partial charge in [0.2, 0.25) is 0 Å². The topological polar surface area (TPSA) is 90.2 Å². The fourth-order valence-electron chi connectivity index (χ4n) is 2.82. The second-order valence-electron chi connectivity index (χ2n) is 5.78. The maximum atomic E-state index is 12.9. The Morgan fingerprint density at radius 3 is 2.73 bits per heavy atom. The van der Waals surface area contributed by atoms with Crippen molar-refractivity contribution >= 4 is 34.7 Å². The number of amides is 1. The molecule has 0 atom stereocenters. The number of hydrogen-bond acceptors (Lipinski definition) is 4. The van der Waals surface area contributed by atoms with E-state index in [1.165, 1.54) is 0 Å². The lowest BCUT2D eigenvalue weighted by atomic mass is 10.2. The van der Waals surface area contributed by atoms with Gasteiger partial charge in [-0.3, -0.25) is 4.79 Å². The number of hydrogen-bond donors (Lipinski definition) is 2. The number of anilines is 2. The van der Waals surface area contributed by atoms with Gasteiger partial charge in [0.1, 0.15) is 11.4 Å². The van der Waals surface area contributed by atoms with Crippen molar-refractivity contribution in [2.75, 3.05) is 11.1 Å². The number of halogens is 1. The average molecular weight is 367 g/mol. The van der Waals surface area contributed by atoms with Gasteiger partial charge >= 0.3 is 0 Å². The Morgan fingerprint density at radius 1 is 1.15 bits per heavy atom. The predicted octanol–water partition coefficient (Wildman–Crippen LogP) is 3.32. The van der Waals surface area contributed by atoms with Gasteiger partial charge < -0.3 is 11.1 Å². The molecule has 0 saturated heterocycles. The number of nitrogens with one attached hydrogen (secondary N) is 1. The Bertz CT molecular complexity index is 1130. The molecule has 8 heteroatoms. The van der Waals surface area contributed by atoms with E-state index in [1.54, 1.807) is 33.6 Å². The molecule has 0 aliphatic rings. The molecule has 130 valence electrons. The molecule has 3 N–H and O–H groups in total. The lowest BCUT2D eigenvalue weighted by molar-refractivity contribution is 0.102. The minimum Gasteiger partial charge on any atom is -0.382 e. The van der Waals surface area contributed by atoms with Gasteiger partial charge in [-0.25, -0.2) is 9.20 Å². The summed E-state index contributed by atoms with van der Waals surface area (Å²) < 4.78 is 3.16. The highest BCUT2D eigenvalue weighted by atomic mass is 35.5. The van der Waals surface area contributed by atoms with Crippen molar-refractivity contribution in [3.05, 3.63) is 71.0 Å². The maximum Gasteiger partial charge on any atom is 0.262 e. The predicted molar refractivity (Wildman–Crippen MR) is 101 cm³/mol. The molecule has 0 fully saturated rings. The fourth-order valence-corrected chi connectivity index (χ4v) is 3.04. The summed E-state index contributed by atoms with van der Waals surface area (Å²) >= 11 is 6.27. The molecule has 4 rings (SSSR count). The van der Waals surface area contributed by atoms with E-state index in [0.29, 0.717) is 27.6 Å². The van der Waals surface area contributed by atoms with E-state index in [9.17, 15) is 4.79 Å². The first kappa shape index (κ1) is 16.2. The number of nitrogen functional groups attached to an aromatic ring is 1. The van der Waals surface area contributed by atoms with Crippen LogP contribution in [0, 0.1) is 6.92 Å². The zero-order valence-electron chi connectivity index (χ0n) is 13.8. The Labute approximate surface area is 154 Å². The van der Waals surface area contributed by atoms with Crippen LogP contribution < -0.4 is 11.1 Å². The zero-order chi connectivity index (χ0) is 18.3. The normalized spacial score (nSPS) is 11.0. The zero-order valence-corrected chi connectivity index (χ0v) is 14.6. The molecule has 0 unspecified atom stereocenters. The number of carbonyl (C=O) groups is 1. The third kappa shape index (κ3) is 2.68. The Kier molecular flexibility index (Phi) is 3.85. The molecule has 1 amide bonds. The highest BCUT2D eigenvalue weighted by molar-refractivity contribution is 6.32. The first-order valence-corrected chi connectivity index (χ1v) is 8.28. The Morgan fingerprint density at radius 2 is 1.92 bits per heavy atom. The van der Waals surface area contributed by atoms with E-state index < -0.39 is 0 Å². The van der Waals surface area contributed by atoms with E-state index in [-0.39, 0.29) is 11.7 Å². The molecule has 26 heavy (non-hydrogen) atoms. The molecule has 0 aliphatic heterocycles. The van der Waals surface area contributed by atoms with Crippen LogP contribution in [0.1, 0.15) is 16.1 Å². The summed E-state index contributed by atoms with van der Waals surface area (Å²) in [6.07, 6.45) is 1.74. The van der Waals surface area contributed by atoms with Crippen molar-refractivity contribution in [3.8, 4) is 5.69 Å². The molecule has 1 aromatic carbocycles. The molecule has 0 saturated carbocycles. The summed E-state index contributed by atoms with van der Waals surface area (Å²) in [5, 5.41) is 12.0. The third-order valence-electron chi connectivity index (χ3n) is 3.95. The monoisotopic (exact) mass is 366 g/mol. The van der Waals surface area contributed by atoms with Gasteiger partial charge in [-0.15, -0.1) is 5.10 Å². The van der Waals surface area contributed by atoms with E-state index in [4.69, 9.17) is 17.3 Å². The first-order chi connectivity index (χ1) is 12.5. The van der Waals surface area contributed by atoms with Crippen LogP contribution in [0.3, 0.4) is 0 Å². The second kappa shape index (κ2) is 6.20. The van der Waals surface area contributed by atoms with Gasteiger partial charge in [0.15, 0.2) is 5.82 Å². The van der Waals surface area contributed by atoms with Crippen molar-refractivity contribution in [3.63, 3.8) is 0 Å². The van der Waals surface area contributed by atoms with Crippen LogP contribution in [0.5, 0.6) is 0 Å². The van der Waals surface area contributed by atoms with Crippen molar-refractivity contribution < 1.29 is 4.79 Å². The number of nitrogens with zero attached hydrogens (tertiary/aromatic N) is 4. The van der Waals surface area contributed by atoms with E-state index in [1.807, 2.05) is 37.3 Å². The molecule has 7 nitrogen and oxygen atoms in total. The van der Waals surface area contributed by atoms with Crippen LogP contribution in [-0.2, 0) is 0 Å². The number of nitrogens with two attached hydrogens (primary N) is 1. The molecule has 3 heterocycles. The van der Waals surface area contributed by atoms with E-state index in [2.05, 4.69) is 15.5 Å². The number of fused-ring (bicyclic) bond motifs is 1. The average Bonchev–Trinajstić information content (AvgIpc) is 3.14. The van der Waals surface area contributed by atoms with Gasteiger partial charge in [-0.1, -0.05) is 29.8 Å². The van der Waals surface area contributed by atoms with Crippen LogP contribution in [0.15, 0.2) is 54.7 Å². The summed E-state index contributed by atoms with van der Waals surface area (Å²) in [7, 11) is 0. The van der Waals surface area contributed by atoms with Crippen molar-refractivity contribution in [1.29, 1.82) is 0 Å². The number of benzene rings is 1. The standard InChI is InChI=1S/C18H15ClN6O/c1-11-10-15(25(22-11)13-7-3-2-6-12(13)19)21-18(26)16-14-8-4-5-9-24(14)23-17(16)20/h2-10H,1H3,(H2,20,23)(H,21,26). The highest BCUT2D eigenvalue weighted by Gasteiger charge is 2.20. The summed E-state index contributed by atoms with van der Waals surface area (Å²) in [5.41, 5.74) is 8.31. The minimum absolute atomic E-state index is 0.161. The second-order valence-corrected chi connectivity index (χ2v) is 6.19. The maximum absolute atomic E-state index is 12.9. The van der Waals surface area contributed by atoms with E-state index >= 15 is 0 Å². The summed E-state index contributed by atoms with van der Waals surface area (Å²) in [5.74, 6) is 0.293. The van der Waals surface area contributed by atoms with Gasteiger partial charge in [0.25, 0.3) is 5.91 Å². The molecular weight excluding hydrogens is 352 g/mol.